The van der Waals surface area contributed by atoms with Crippen LogP contribution in [0.3, 0.4) is 0 Å². The summed E-state index contributed by atoms with van der Waals surface area (Å²) in [4.78, 5) is 15.2. The van der Waals surface area contributed by atoms with Crippen LogP contribution in [0.25, 0.3) is 21.9 Å². The van der Waals surface area contributed by atoms with E-state index in [-0.39, 0.29) is 12.2 Å². The second-order valence-electron chi connectivity index (χ2n) is 5.72. The summed E-state index contributed by atoms with van der Waals surface area (Å²) >= 11 is 0. The first kappa shape index (κ1) is 18.9. The molecular formula is C19H16N2O5S. The lowest BCUT2D eigenvalue weighted by Gasteiger charge is -2.10. The molecule has 2 heterocycles. The van der Waals surface area contributed by atoms with Crippen LogP contribution in [-0.2, 0) is 20.8 Å². The molecule has 1 aliphatic heterocycles. The zero-order valence-electron chi connectivity index (χ0n) is 14.5. The van der Waals surface area contributed by atoms with Gasteiger partial charge in [0, 0.05) is 30.5 Å². The van der Waals surface area contributed by atoms with E-state index in [4.69, 9.17) is 11.0 Å². The summed E-state index contributed by atoms with van der Waals surface area (Å²) < 4.78 is 33.8. The van der Waals surface area contributed by atoms with Crippen molar-refractivity contribution >= 4 is 27.2 Å². The summed E-state index contributed by atoms with van der Waals surface area (Å²) in [5.74, 6) is 6.11. The van der Waals surface area contributed by atoms with Crippen LogP contribution in [0.1, 0.15) is 30.0 Å². The van der Waals surface area contributed by atoms with Crippen LogP contribution in [-0.4, -0.2) is 21.6 Å². The number of fused-ring (bicyclic) bond motifs is 2. The minimum atomic E-state index is -4.22. The van der Waals surface area contributed by atoms with Crippen molar-refractivity contribution in [1.82, 2.24) is 5.32 Å². The van der Waals surface area contributed by atoms with Gasteiger partial charge in [-0.2, -0.15) is 0 Å². The predicted octanol–water partition coefficient (Wildman–Crippen LogP) is 2.22. The summed E-state index contributed by atoms with van der Waals surface area (Å²) in [6.07, 6.45) is 1.71. The standard InChI is InChI=1S/C19H16N2O5S/c1-3-25-27(23,24)18(20-2)11-15-8-14-9-16-12-21-7-5-4-6-13(16)10-17(14)26-19(15)22/h8-11,21H,3,5,7,12H2,1H3. The molecule has 0 unspecified atom stereocenters. The number of benzene rings is 1. The van der Waals surface area contributed by atoms with Crippen LogP contribution in [0.4, 0.5) is 0 Å². The normalized spacial score (nSPS) is 14.4. The Morgan fingerprint density at radius 3 is 3.00 bits per heavy atom. The maximum absolute atomic E-state index is 12.3. The number of rotatable bonds is 4. The van der Waals surface area contributed by atoms with E-state index in [1.165, 1.54) is 13.0 Å². The van der Waals surface area contributed by atoms with E-state index in [0.29, 0.717) is 17.5 Å². The van der Waals surface area contributed by atoms with Gasteiger partial charge in [0.2, 0.25) is 0 Å². The summed E-state index contributed by atoms with van der Waals surface area (Å²) in [5, 5.41) is 3.21. The molecule has 3 rings (SSSR count). The molecule has 0 bridgehead atoms. The van der Waals surface area contributed by atoms with Crippen molar-refractivity contribution in [3.05, 3.63) is 61.8 Å². The van der Waals surface area contributed by atoms with Crippen molar-refractivity contribution in [3.8, 4) is 11.8 Å². The summed E-state index contributed by atoms with van der Waals surface area (Å²) in [6, 6.07) is 5.04. The third-order valence-corrected chi connectivity index (χ3v) is 5.14. The molecule has 1 aromatic heterocycles. The molecular weight excluding hydrogens is 368 g/mol. The Morgan fingerprint density at radius 2 is 2.26 bits per heavy atom. The van der Waals surface area contributed by atoms with Crippen molar-refractivity contribution < 1.29 is 17.0 Å². The van der Waals surface area contributed by atoms with E-state index in [9.17, 15) is 13.2 Å². The Hall–Kier alpha value is -2.91. The highest BCUT2D eigenvalue weighted by atomic mass is 32.2. The Balaban J connectivity index is 2.15. The Labute approximate surface area is 156 Å². The lowest BCUT2D eigenvalue weighted by Crippen LogP contribution is -2.16. The van der Waals surface area contributed by atoms with Crippen LogP contribution in [0, 0.1) is 18.4 Å². The molecule has 8 heteroatoms. The van der Waals surface area contributed by atoms with Crippen LogP contribution in [0.2, 0.25) is 0 Å². The summed E-state index contributed by atoms with van der Waals surface area (Å²) in [7, 11) is -4.22. The first-order valence-electron chi connectivity index (χ1n) is 8.23. The third-order valence-electron chi connectivity index (χ3n) is 3.87. The molecule has 1 N–H and O–H groups in total. The van der Waals surface area contributed by atoms with Crippen LogP contribution in [0.5, 0.6) is 0 Å². The van der Waals surface area contributed by atoms with Gasteiger partial charge >= 0.3 is 20.8 Å². The largest absolute Gasteiger partial charge is 0.422 e. The second kappa shape index (κ2) is 7.77. The maximum atomic E-state index is 12.3. The number of hydrogen-bond donors (Lipinski definition) is 1. The van der Waals surface area contributed by atoms with Crippen molar-refractivity contribution in [2.75, 3.05) is 13.2 Å². The molecule has 1 aromatic carbocycles. The van der Waals surface area contributed by atoms with Crippen LogP contribution >= 0.6 is 0 Å². The highest BCUT2D eigenvalue weighted by Crippen LogP contribution is 2.22. The smallest absolute Gasteiger partial charge is 0.342 e. The van der Waals surface area contributed by atoms with E-state index in [2.05, 4.69) is 26.2 Å². The predicted molar refractivity (Wildman–Crippen MR) is 101 cm³/mol. The lowest BCUT2D eigenvalue weighted by atomic mass is 10.0. The van der Waals surface area contributed by atoms with E-state index in [1.54, 1.807) is 6.07 Å². The average Bonchev–Trinajstić information content (AvgIpc) is 2.60. The number of nitrogens with one attached hydrogen (secondary N) is 1. The SMILES string of the molecule is [C-]#[N+]C(=Cc1cc2cc3c(cc2oc1=O)C#CCCNC3)S(=O)(=O)OCC. The first-order valence-corrected chi connectivity index (χ1v) is 9.64. The molecule has 0 saturated carbocycles. The Morgan fingerprint density at radius 1 is 1.44 bits per heavy atom. The van der Waals surface area contributed by atoms with Gasteiger partial charge in [0.05, 0.1) is 18.7 Å². The van der Waals surface area contributed by atoms with Gasteiger partial charge in [-0.05, 0) is 36.8 Å². The van der Waals surface area contributed by atoms with Crippen molar-refractivity contribution in [1.29, 1.82) is 0 Å². The van der Waals surface area contributed by atoms with Gasteiger partial charge < -0.3 is 9.73 Å². The molecule has 0 fully saturated rings. The Bertz CT molecular complexity index is 1190. The zero-order chi connectivity index (χ0) is 19.4. The van der Waals surface area contributed by atoms with Gasteiger partial charge in [0.15, 0.2) is 0 Å². The van der Waals surface area contributed by atoms with Gasteiger partial charge in [0.1, 0.15) is 5.58 Å². The molecule has 0 amide bonds. The van der Waals surface area contributed by atoms with Gasteiger partial charge in [-0.1, -0.05) is 11.8 Å². The average molecular weight is 384 g/mol. The fourth-order valence-electron chi connectivity index (χ4n) is 2.63. The topological polar surface area (TPSA) is 90.0 Å². The molecule has 0 aliphatic carbocycles. The minimum absolute atomic E-state index is 0.0402. The second-order valence-corrected chi connectivity index (χ2v) is 7.28. The van der Waals surface area contributed by atoms with Crippen molar-refractivity contribution in [2.45, 2.75) is 19.9 Å². The van der Waals surface area contributed by atoms with Crippen molar-refractivity contribution in [3.63, 3.8) is 0 Å². The van der Waals surface area contributed by atoms with Crippen LogP contribution in [0.15, 0.2) is 32.4 Å². The minimum Gasteiger partial charge on any atom is -0.422 e. The molecule has 0 spiro atoms. The van der Waals surface area contributed by atoms with Gasteiger partial charge in [-0.15, -0.1) is 0 Å². The van der Waals surface area contributed by atoms with E-state index >= 15 is 0 Å². The fraction of sp³-hybridized carbons (Fsp3) is 0.263. The lowest BCUT2D eigenvalue weighted by molar-refractivity contribution is 0.343. The highest BCUT2D eigenvalue weighted by molar-refractivity contribution is 7.91. The number of nitrogens with zero attached hydrogens (tertiary/aromatic N) is 1. The Kier molecular flexibility index (Phi) is 5.43. The molecule has 1 aliphatic rings. The molecule has 2 aromatic rings. The molecule has 0 radical (unpaired) electrons. The molecule has 0 saturated heterocycles. The summed E-state index contributed by atoms with van der Waals surface area (Å²) in [6.45, 7) is 9.88. The summed E-state index contributed by atoms with van der Waals surface area (Å²) in [5.41, 5.74) is 1.30. The third kappa shape index (κ3) is 4.09. The quantitative estimate of drug-likeness (QED) is 0.376. The fourth-order valence-corrected chi connectivity index (χ4v) is 3.45. The molecule has 0 atom stereocenters. The molecule has 27 heavy (non-hydrogen) atoms. The van der Waals surface area contributed by atoms with Gasteiger partial charge in [-0.25, -0.2) is 18.1 Å². The van der Waals surface area contributed by atoms with Gasteiger partial charge in [0.25, 0.3) is 0 Å². The van der Waals surface area contributed by atoms with E-state index < -0.39 is 20.8 Å². The first-order chi connectivity index (χ1) is 12.9. The number of hydrogen-bond acceptors (Lipinski definition) is 6. The highest BCUT2D eigenvalue weighted by Gasteiger charge is 2.20. The monoisotopic (exact) mass is 384 g/mol. The van der Waals surface area contributed by atoms with E-state index in [0.717, 1.165) is 30.2 Å². The van der Waals surface area contributed by atoms with E-state index in [1.807, 2.05) is 6.07 Å². The molecule has 7 nitrogen and oxygen atoms in total. The van der Waals surface area contributed by atoms with Crippen LogP contribution < -0.4 is 10.9 Å². The van der Waals surface area contributed by atoms with Gasteiger partial charge in [-0.3, -0.25) is 4.18 Å². The molecule has 138 valence electrons. The van der Waals surface area contributed by atoms with Crippen molar-refractivity contribution in [2.24, 2.45) is 0 Å². The zero-order valence-corrected chi connectivity index (χ0v) is 15.4. The maximum Gasteiger partial charge on any atom is 0.342 e.